The highest BCUT2D eigenvalue weighted by Gasteiger charge is 2.00. The van der Waals surface area contributed by atoms with E-state index in [-0.39, 0.29) is 18.9 Å². The lowest BCUT2D eigenvalue weighted by Gasteiger charge is -2.03. The zero-order valence-electron chi connectivity index (χ0n) is 8.63. The van der Waals surface area contributed by atoms with Crippen molar-refractivity contribution in [3.05, 3.63) is 34.5 Å². The molecule has 0 saturated heterocycles. The zero-order valence-corrected chi connectivity index (χ0v) is 8.63. The first-order valence-electron chi connectivity index (χ1n) is 4.72. The zero-order chi connectivity index (χ0) is 11.8. The van der Waals surface area contributed by atoms with E-state index < -0.39 is 0 Å². The molecule has 0 aliphatic carbocycles. The van der Waals surface area contributed by atoms with Crippen LogP contribution in [0.15, 0.2) is 23.4 Å². The molecule has 0 radical (unpaired) electrons. The first kappa shape index (κ1) is 12.0. The van der Waals surface area contributed by atoms with E-state index in [0.29, 0.717) is 17.9 Å². The molecule has 1 rings (SSSR count). The lowest BCUT2D eigenvalue weighted by atomic mass is 10.3. The van der Waals surface area contributed by atoms with Gasteiger partial charge < -0.3 is 11.1 Å². The maximum atomic E-state index is 11.2. The summed E-state index contributed by atoms with van der Waals surface area (Å²) in [7, 11) is 0. The highest BCUT2D eigenvalue weighted by atomic mass is 16.1. The SMILES string of the molecule is [N-]=[N+]=NCc1ccc(NC(=O)CCN)cn1. The van der Waals surface area contributed by atoms with Gasteiger partial charge in [-0.1, -0.05) is 5.11 Å². The summed E-state index contributed by atoms with van der Waals surface area (Å²) in [6.07, 6.45) is 1.79. The number of carbonyl (C=O) groups is 1. The third-order valence-electron chi connectivity index (χ3n) is 1.78. The number of azide groups is 1. The maximum Gasteiger partial charge on any atom is 0.225 e. The molecule has 0 atom stereocenters. The molecule has 3 N–H and O–H groups in total. The van der Waals surface area contributed by atoms with E-state index in [4.69, 9.17) is 11.3 Å². The Kier molecular flexibility index (Phi) is 4.78. The molecule has 1 aromatic heterocycles. The molecular weight excluding hydrogens is 208 g/mol. The van der Waals surface area contributed by atoms with Gasteiger partial charge in [-0.2, -0.15) is 0 Å². The Bertz CT molecular complexity index is 395. The Morgan fingerprint density at radius 3 is 3.00 bits per heavy atom. The van der Waals surface area contributed by atoms with Crippen LogP contribution in [0.4, 0.5) is 5.69 Å². The van der Waals surface area contributed by atoms with Gasteiger partial charge in [0, 0.05) is 23.6 Å². The van der Waals surface area contributed by atoms with E-state index in [2.05, 4.69) is 20.3 Å². The van der Waals surface area contributed by atoms with Crippen molar-refractivity contribution in [1.82, 2.24) is 4.98 Å². The molecule has 1 heterocycles. The summed E-state index contributed by atoms with van der Waals surface area (Å²) in [5.41, 5.74) is 14.6. The standard InChI is InChI=1S/C9H12N6O/c10-4-3-9(16)14-8-2-1-7(12-5-8)6-13-15-11/h1-2,5H,3-4,6,10H2,(H,14,16). The molecule has 84 valence electrons. The number of anilines is 1. The fourth-order valence-electron chi connectivity index (χ4n) is 1.05. The summed E-state index contributed by atoms with van der Waals surface area (Å²) >= 11 is 0. The average Bonchev–Trinajstić information content (AvgIpc) is 2.28. The monoisotopic (exact) mass is 220 g/mol. The van der Waals surface area contributed by atoms with E-state index in [9.17, 15) is 4.79 Å². The second kappa shape index (κ2) is 6.39. The second-order valence-corrected chi connectivity index (χ2v) is 3.01. The molecule has 0 aliphatic heterocycles. The molecule has 1 aromatic rings. The first-order valence-corrected chi connectivity index (χ1v) is 4.72. The average molecular weight is 220 g/mol. The Morgan fingerprint density at radius 2 is 2.44 bits per heavy atom. The van der Waals surface area contributed by atoms with Gasteiger partial charge in [0.25, 0.3) is 0 Å². The van der Waals surface area contributed by atoms with E-state index in [1.807, 2.05) is 0 Å². The predicted octanol–water partition coefficient (Wildman–Crippen LogP) is 1.18. The Balaban J connectivity index is 2.57. The minimum atomic E-state index is -0.146. The number of aromatic nitrogens is 1. The fraction of sp³-hybridized carbons (Fsp3) is 0.333. The van der Waals surface area contributed by atoms with Gasteiger partial charge in [-0.15, -0.1) is 0 Å². The van der Waals surface area contributed by atoms with Crippen molar-refractivity contribution in [3.8, 4) is 0 Å². The van der Waals surface area contributed by atoms with Crippen LogP contribution in [-0.2, 0) is 11.3 Å². The third kappa shape index (κ3) is 3.95. The van der Waals surface area contributed by atoms with Gasteiger partial charge in [0.15, 0.2) is 0 Å². The van der Waals surface area contributed by atoms with Crippen LogP contribution in [0, 0.1) is 0 Å². The molecule has 0 bridgehead atoms. The first-order chi connectivity index (χ1) is 7.76. The van der Waals surface area contributed by atoms with Crippen LogP contribution in [0.5, 0.6) is 0 Å². The van der Waals surface area contributed by atoms with Crippen molar-refractivity contribution >= 4 is 11.6 Å². The number of hydrogen-bond acceptors (Lipinski definition) is 4. The molecule has 16 heavy (non-hydrogen) atoms. The number of nitrogens with two attached hydrogens (primary N) is 1. The quantitative estimate of drug-likeness (QED) is 0.440. The maximum absolute atomic E-state index is 11.2. The van der Waals surface area contributed by atoms with E-state index in [1.54, 1.807) is 12.1 Å². The summed E-state index contributed by atoms with van der Waals surface area (Å²) in [6, 6.07) is 3.39. The van der Waals surface area contributed by atoms with Crippen LogP contribution in [-0.4, -0.2) is 17.4 Å². The van der Waals surface area contributed by atoms with E-state index >= 15 is 0 Å². The molecule has 0 aliphatic rings. The predicted molar refractivity (Wildman–Crippen MR) is 59.4 cm³/mol. The number of nitrogens with one attached hydrogen (secondary N) is 1. The topological polar surface area (TPSA) is 117 Å². The Morgan fingerprint density at radius 1 is 1.62 bits per heavy atom. The van der Waals surface area contributed by atoms with Gasteiger partial charge in [-0.3, -0.25) is 9.78 Å². The summed E-state index contributed by atoms with van der Waals surface area (Å²) < 4.78 is 0. The van der Waals surface area contributed by atoms with Crippen molar-refractivity contribution in [1.29, 1.82) is 0 Å². The van der Waals surface area contributed by atoms with Crippen molar-refractivity contribution in [2.75, 3.05) is 11.9 Å². The summed E-state index contributed by atoms with van der Waals surface area (Å²) in [6.45, 7) is 0.516. The lowest BCUT2D eigenvalue weighted by Crippen LogP contribution is -2.16. The van der Waals surface area contributed by atoms with Crippen molar-refractivity contribution < 1.29 is 4.79 Å². The fourth-order valence-corrected chi connectivity index (χ4v) is 1.05. The number of amides is 1. The van der Waals surface area contributed by atoms with Crippen molar-refractivity contribution in [3.63, 3.8) is 0 Å². The molecular formula is C9H12N6O. The molecule has 7 nitrogen and oxygen atoms in total. The van der Waals surface area contributed by atoms with E-state index in [1.165, 1.54) is 6.20 Å². The molecule has 7 heteroatoms. The minimum absolute atomic E-state index is 0.146. The summed E-state index contributed by atoms with van der Waals surface area (Å²) in [5, 5.41) is 6.02. The van der Waals surface area contributed by atoms with Gasteiger partial charge in [-0.25, -0.2) is 0 Å². The largest absolute Gasteiger partial charge is 0.330 e. The van der Waals surface area contributed by atoms with Crippen LogP contribution < -0.4 is 11.1 Å². The van der Waals surface area contributed by atoms with Gasteiger partial charge >= 0.3 is 0 Å². The number of pyridine rings is 1. The summed E-state index contributed by atoms with van der Waals surface area (Å²) in [4.78, 5) is 17.8. The smallest absolute Gasteiger partial charge is 0.225 e. The van der Waals surface area contributed by atoms with Gasteiger partial charge in [0.1, 0.15) is 0 Å². The van der Waals surface area contributed by atoms with Crippen LogP contribution in [0.3, 0.4) is 0 Å². The molecule has 0 spiro atoms. The number of rotatable bonds is 5. The number of hydrogen-bond donors (Lipinski definition) is 2. The molecule has 0 unspecified atom stereocenters. The van der Waals surface area contributed by atoms with Crippen molar-refractivity contribution in [2.45, 2.75) is 13.0 Å². The molecule has 0 fully saturated rings. The molecule has 0 aromatic carbocycles. The third-order valence-corrected chi connectivity index (χ3v) is 1.78. The number of nitrogens with zero attached hydrogens (tertiary/aromatic N) is 4. The second-order valence-electron chi connectivity index (χ2n) is 3.01. The minimum Gasteiger partial charge on any atom is -0.330 e. The van der Waals surface area contributed by atoms with Gasteiger partial charge in [0.05, 0.1) is 18.4 Å². The van der Waals surface area contributed by atoms with E-state index in [0.717, 1.165) is 0 Å². The number of carbonyl (C=O) groups excluding carboxylic acids is 1. The van der Waals surface area contributed by atoms with Crippen molar-refractivity contribution in [2.24, 2.45) is 10.8 Å². The molecule has 1 amide bonds. The van der Waals surface area contributed by atoms with Gasteiger partial charge in [0.2, 0.25) is 5.91 Å². The van der Waals surface area contributed by atoms with Crippen LogP contribution in [0.2, 0.25) is 0 Å². The lowest BCUT2D eigenvalue weighted by molar-refractivity contribution is -0.116. The normalized spacial score (nSPS) is 9.31. The highest BCUT2D eigenvalue weighted by molar-refractivity contribution is 5.90. The molecule has 0 saturated carbocycles. The highest BCUT2D eigenvalue weighted by Crippen LogP contribution is 2.07. The Hall–Kier alpha value is -2.11. The summed E-state index contributed by atoms with van der Waals surface area (Å²) in [5.74, 6) is -0.146. The van der Waals surface area contributed by atoms with Crippen LogP contribution >= 0.6 is 0 Å². The van der Waals surface area contributed by atoms with Crippen LogP contribution in [0.1, 0.15) is 12.1 Å². The van der Waals surface area contributed by atoms with Crippen LogP contribution in [0.25, 0.3) is 10.4 Å². The van der Waals surface area contributed by atoms with Gasteiger partial charge in [-0.05, 0) is 17.7 Å². The Labute approximate surface area is 92.3 Å².